The summed E-state index contributed by atoms with van der Waals surface area (Å²) in [6, 6.07) is 13.4. The van der Waals surface area contributed by atoms with Crippen molar-refractivity contribution >= 4 is 17.6 Å². The molecule has 2 aromatic rings. The number of benzene rings is 2. The van der Waals surface area contributed by atoms with Gasteiger partial charge in [0.25, 0.3) is 5.91 Å². The first-order valence-electron chi connectivity index (χ1n) is 6.53. The fourth-order valence-corrected chi connectivity index (χ4v) is 1.99. The van der Waals surface area contributed by atoms with Gasteiger partial charge in [-0.25, -0.2) is 4.79 Å². The summed E-state index contributed by atoms with van der Waals surface area (Å²) in [5, 5.41) is 11.8. The van der Waals surface area contributed by atoms with Crippen LogP contribution in [0, 0.1) is 0 Å². The molecule has 0 spiro atoms. The summed E-state index contributed by atoms with van der Waals surface area (Å²) in [7, 11) is 0. The van der Waals surface area contributed by atoms with E-state index >= 15 is 0 Å². The van der Waals surface area contributed by atoms with Crippen molar-refractivity contribution in [3.05, 3.63) is 65.2 Å². The number of rotatable bonds is 5. The molecule has 0 saturated heterocycles. The molecule has 0 unspecified atom stereocenters. The Labute approximate surface area is 122 Å². The molecule has 0 bridgehead atoms. The van der Waals surface area contributed by atoms with Crippen LogP contribution in [-0.2, 0) is 6.42 Å². The number of hydrogen-bond acceptors (Lipinski definition) is 3. The molecular weight excluding hydrogens is 268 g/mol. The third-order valence-electron chi connectivity index (χ3n) is 3.10. The van der Waals surface area contributed by atoms with E-state index < -0.39 is 5.97 Å². The molecule has 0 saturated carbocycles. The maximum absolute atomic E-state index is 11.9. The van der Waals surface area contributed by atoms with Gasteiger partial charge >= 0.3 is 5.97 Å². The topological polar surface area (TPSA) is 92.4 Å². The van der Waals surface area contributed by atoms with E-state index in [-0.39, 0.29) is 11.5 Å². The van der Waals surface area contributed by atoms with Crippen LogP contribution in [0.15, 0.2) is 48.5 Å². The number of carbonyl (C=O) groups excluding carboxylic acids is 1. The van der Waals surface area contributed by atoms with Gasteiger partial charge < -0.3 is 16.2 Å². The molecule has 0 aliphatic heterocycles. The van der Waals surface area contributed by atoms with Crippen molar-refractivity contribution in [2.75, 3.05) is 12.3 Å². The molecule has 0 heterocycles. The Morgan fingerprint density at radius 1 is 1.05 bits per heavy atom. The molecule has 5 heteroatoms. The van der Waals surface area contributed by atoms with Crippen molar-refractivity contribution in [2.45, 2.75) is 6.42 Å². The first-order chi connectivity index (χ1) is 10.1. The fraction of sp³-hybridized carbons (Fsp3) is 0.125. The van der Waals surface area contributed by atoms with E-state index in [1.165, 1.54) is 0 Å². The van der Waals surface area contributed by atoms with Gasteiger partial charge in [-0.3, -0.25) is 4.79 Å². The number of aromatic carboxylic acids is 1. The first kappa shape index (κ1) is 14.6. The molecule has 0 fully saturated rings. The molecule has 0 aliphatic rings. The van der Waals surface area contributed by atoms with Gasteiger partial charge in [-0.15, -0.1) is 0 Å². The van der Waals surface area contributed by atoms with E-state index in [0.717, 1.165) is 0 Å². The smallest absolute Gasteiger partial charge is 0.335 e. The molecule has 2 aromatic carbocycles. The summed E-state index contributed by atoms with van der Waals surface area (Å²) < 4.78 is 0. The minimum Gasteiger partial charge on any atom is -0.478 e. The third-order valence-corrected chi connectivity index (χ3v) is 3.10. The van der Waals surface area contributed by atoms with Crippen LogP contribution in [0.2, 0.25) is 0 Å². The van der Waals surface area contributed by atoms with Gasteiger partial charge in [-0.2, -0.15) is 0 Å². The summed E-state index contributed by atoms with van der Waals surface area (Å²) in [6.07, 6.45) is 0.461. The van der Waals surface area contributed by atoms with Gasteiger partial charge in [0.15, 0.2) is 0 Å². The van der Waals surface area contributed by atoms with Crippen LogP contribution in [0.1, 0.15) is 26.3 Å². The quantitative estimate of drug-likeness (QED) is 0.731. The number of nitrogens with two attached hydrogens (primary N) is 1. The molecule has 0 aliphatic carbocycles. The Balaban J connectivity index is 1.94. The molecule has 0 aromatic heterocycles. The second-order valence-electron chi connectivity index (χ2n) is 4.59. The standard InChI is InChI=1S/C16H16N2O3/c17-13-7-5-12(6-8-13)15(19)18-10-9-11-3-1-2-4-14(11)16(20)21/h1-8H,9-10,17H2,(H,18,19)(H,20,21). The highest BCUT2D eigenvalue weighted by Crippen LogP contribution is 2.09. The van der Waals surface area contributed by atoms with Crippen LogP contribution in [0.3, 0.4) is 0 Å². The van der Waals surface area contributed by atoms with Gasteiger partial charge in [0, 0.05) is 17.8 Å². The summed E-state index contributed by atoms with van der Waals surface area (Å²) in [5.74, 6) is -1.17. The molecule has 0 radical (unpaired) electrons. The summed E-state index contributed by atoms with van der Waals surface area (Å²) in [4.78, 5) is 23.0. The van der Waals surface area contributed by atoms with Gasteiger partial charge in [0.05, 0.1) is 5.56 Å². The highest BCUT2D eigenvalue weighted by molar-refractivity contribution is 5.94. The maximum atomic E-state index is 11.9. The third kappa shape index (κ3) is 3.82. The number of carboxylic acid groups (broad SMARTS) is 1. The van der Waals surface area contributed by atoms with Crippen molar-refractivity contribution < 1.29 is 14.7 Å². The Bertz CT molecular complexity index is 651. The zero-order valence-corrected chi connectivity index (χ0v) is 11.4. The zero-order valence-electron chi connectivity index (χ0n) is 11.4. The normalized spacial score (nSPS) is 10.1. The van der Waals surface area contributed by atoms with E-state index in [0.29, 0.717) is 29.8 Å². The highest BCUT2D eigenvalue weighted by Gasteiger charge is 2.09. The van der Waals surface area contributed by atoms with Crippen LogP contribution < -0.4 is 11.1 Å². The van der Waals surface area contributed by atoms with Gasteiger partial charge in [0.1, 0.15) is 0 Å². The van der Waals surface area contributed by atoms with Crippen LogP contribution in [0.4, 0.5) is 5.69 Å². The number of nitrogens with one attached hydrogen (secondary N) is 1. The lowest BCUT2D eigenvalue weighted by molar-refractivity contribution is 0.0695. The van der Waals surface area contributed by atoms with Crippen LogP contribution >= 0.6 is 0 Å². The first-order valence-corrected chi connectivity index (χ1v) is 6.53. The van der Waals surface area contributed by atoms with Crippen LogP contribution in [0.5, 0.6) is 0 Å². The lowest BCUT2D eigenvalue weighted by atomic mass is 10.0. The molecule has 0 atom stereocenters. The molecule has 21 heavy (non-hydrogen) atoms. The Hall–Kier alpha value is -2.82. The number of anilines is 1. The lowest BCUT2D eigenvalue weighted by Crippen LogP contribution is -2.26. The second kappa shape index (κ2) is 6.56. The number of amides is 1. The summed E-state index contributed by atoms with van der Waals surface area (Å²) >= 11 is 0. The van der Waals surface area contributed by atoms with Gasteiger partial charge in [0.2, 0.25) is 0 Å². The fourth-order valence-electron chi connectivity index (χ4n) is 1.99. The predicted octanol–water partition coefficient (Wildman–Crippen LogP) is 1.94. The molecular formula is C16H16N2O3. The van der Waals surface area contributed by atoms with Crippen LogP contribution in [-0.4, -0.2) is 23.5 Å². The second-order valence-corrected chi connectivity index (χ2v) is 4.59. The number of hydrogen-bond donors (Lipinski definition) is 3. The Morgan fingerprint density at radius 3 is 2.38 bits per heavy atom. The minimum absolute atomic E-state index is 0.206. The van der Waals surface area contributed by atoms with Gasteiger partial charge in [-0.05, 0) is 42.3 Å². The average Bonchev–Trinajstić information content (AvgIpc) is 2.48. The van der Waals surface area contributed by atoms with Crippen molar-refractivity contribution in [3.63, 3.8) is 0 Å². The number of carbonyl (C=O) groups is 2. The minimum atomic E-state index is -0.963. The van der Waals surface area contributed by atoms with E-state index in [9.17, 15) is 9.59 Å². The van der Waals surface area contributed by atoms with E-state index in [2.05, 4.69) is 5.32 Å². The largest absolute Gasteiger partial charge is 0.478 e. The zero-order chi connectivity index (χ0) is 15.2. The summed E-state index contributed by atoms with van der Waals surface area (Å²) in [5.41, 5.74) is 7.64. The highest BCUT2D eigenvalue weighted by atomic mass is 16.4. The molecule has 1 amide bonds. The maximum Gasteiger partial charge on any atom is 0.335 e. The van der Waals surface area contributed by atoms with Crippen molar-refractivity contribution in [1.29, 1.82) is 0 Å². The summed E-state index contributed by atoms with van der Waals surface area (Å²) in [6.45, 7) is 0.369. The van der Waals surface area contributed by atoms with Crippen molar-refractivity contribution in [3.8, 4) is 0 Å². The Kier molecular flexibility index (Phi) is 4.56. The number of carboxylic acids is 1. The SMILES string of the molecule is Nc1ccc(C(=O)NCCc2ccccc2C(=O)O)cc1. The molecule has 5 nitrogen and oxygen atoms in total. The average molecular weight is 284 g/mol. The van der Waals surface area contributed by atoms with E-state index in [1.54, 1.807) is 48.5 Å². The van der Waals surface area contributed by atoms with E-state index in [4.69, 9.17) is 10.8 Å². The van der Waals surface area contributed by atoms with E-state index in [1.807, 2.05) is 0 Å². The lowest BCUT2D eigenvalue weighted by Gasteiger charge is -2.08. The predicted molar refractivity (Wildman–Crippen MR) is 80.3 cm³/mol. The molecule has 2 rings (SSSR count). The Morgan fingerprint density at radius 2 is 1.71 bits per heavy atom. The monoisotopic (exact) mass is 284 g/mol. The molecule has 108 valence electrons. The van der Waals surface area contributed by atoms with Crippen LogP contribution in [0.25, 0.3) is 0 Å². The molecule has 4 N–H and O–H groups in total. The van der Waals surface area contributed by atoms with Crippen molar-refractivity contribution in [2.24, 2.45) is 0 Å². The van der Waals surface area contributed by atoms with Gasteiger partial charge in [-0.1, -0.05) is 18.2 Å². The van der Waals surface area contributed by atoms with Crippen molar-refractivity contribution in [1.82, 2.24) is 5.32 Å². The number of nitrogen functional groups attached to an aromatic ring is 1.